The molecule has 0 heterocycles. The normalized spacial score (nSPS) is 21.3. The van der Waals surface area contributed by atoms with Gasteiger partial charge in [0.25, 0.3) is 0 Å². The number of benzene rings is 2. The Kier molecular flexibility index (Phi) is 3.49. The predicted molar refractivity (Wildman–Crippen MR) is 77.1 cm³/mol. The molecule has 0 aliphatic heterocycles. The first-order chi connectivity index (χ1) is 10.0. The molecule has 0 bridgehead atoms. The summed E-state index contributed by atoms with van der Waals surface area (Å²) in [6.45, 7) is 0. The van der Waals surface area contributed by atoms with Crippen LogP contribution in [0.3, 0.4) is 0 Å². The summed E-state index contributed by atoms with van der Waals surface area (Å²) in [6.07, 6.45) is -3.21. The van der Waals surface area contributed by atoms with Crippen LogP contribution >= 0.6 is 0 Å². The van der Waals surface area contributed by atoms with Crippen molar-refractivity contribution < 1.29 is 13.2 Å². The van der Waals surface area contributed by atoms with Crippen LogP contribution in [0.5, 0.6) is 0 Å². The number of likely N-dealkylation sites (N-methyl/N-ethyl adjacent to an activating group) is 1. The highest BCUT2D eigenvalue weighted by Gasteiger charge is 2.38. The highest BCUT2D eigenvalue weighted by atomic mass is 19.4. The van der Waals surface area contributed by atoms with Gasteiger partial charge in [0.1, 0.15) is 0 Å². The number of hydrogen-bond acceptors (Lipinski definition) is 1. The Hall–Kier alpha value is -1.81. The van der Waals surface area contributed by atoms with Gasteiger partial charge in [0.05, 0.1) is 5.56 Å². The first-order valence-corrected chi connectivity index (χ1v) is 6.94. The fourth-order valence-electron chi connectivity index (χ4n) is 2.78. The van der Waals surface area contributed by atoms with Gasteiger partial charge in [-0.05, 0) is 42.3 Å². The van der Waals surface area contributed by atoms with Crippen molar-refractivity contribution in [1.82, 2.24) is 5.32 Å². The quantitative estimate of drug-likeness (QED) is 0.881. The van der Waals surface area contributed by atoms with E-state index in [0.29, 0.717) is 12.0 Å². The van der Waals surface area contributed by atoms with E-state index in [1.54, 1.807) is 12.1 Å². The van der Waals surface area contributed by atoms with Gasteiger partial charge in [0.2, 0.25) is 0 Å². The van der Waals surface area contributed by atoms with E-state index in [2.05, 4.69) is 11.4 Å². The third-order valence-electron chi connectivity index (χ3n) is 4.04. The molecule has 1 saturated carbocycles. The Bertz CT molecular complexity index is 631. The van der Waals surface area contributed by atoms with Crippen LogP contribution in [0.1, 0.15) is 23.5 Å². The van der Waals surface area contributed by atoms with Crippen molar-refractivity contribution >= 4 is 0 Å². The van der Waals surface area contributed by atoms with Gasteiger partial charge in [-0.3, -0.25) is 0 Å². The average Bonchev–Trinajstić information content (AvgIpc) is 3.26. The third kappa shape index (κ3) is 2.81. The molecular weight excluding hydrogens is 275 g/mol. The molecule has 0 aromatic heterocycles. The predicted octanol–water partition coefficient (Wildman–Crippen LogP) is 4.45. The molecule has 0 radical (unpaired) electrons. The molecule has 1 fully saturated rings. The van der Waals surface area contributed by atoms with Gasteiger partial charge < -0.3 is 5.32 Å². The van der Waals surface area contributed by atoms with Crippen LogP contribution in [0.15, 0.2) is 48.5 Å². The van der Waals surface area contributed by atoms with Crippen molar-refractivity contribution in [1.29, 1.82) is 0 Å². The average molecular weight is 291 g/mol. The summed E-state index contributed by atoms with van der Waals surface area (Å²) in [5, 5.41) is 3.25. The zero-order valence-electron chi connectivity index (χ0n) is 11.6. The second-order valence-corrected chi connectivity index (χ2v) is 5.40. The summed E-state index contributed by atoms with van der Waals surface area (Å²) in [4.78, 5) is 0. The van der Waals surface area contributed by atoms with E-state index in [9.17, 15) is 13.2 Å². The summed E-state index contributed by atoms with van der Waals surface area (Å²) < 4.78 is 37.9. The van der Waals surface area contributed by atoms with Crippen molar-refractivity contribution in [2.24, 2.45) is 0 Å². The molecule has 0 spiro atoms. The lowest BCUT2D eigenvalue weighted by atomic mass is 9.96. The summed E-state index contributed by atoms with van der Waals surface area (Å²) in [6, 6.07) is 13.8. The summed E-state index contributed by atoms with van der Waals surface area (Å²) >= 11 is 0. The molecule has 21 heavy (non-hydrogen) atoms. The number of hydrogen-bond donors (Lipinski definition) is 1. The monoisotopic (exact) mass is 291 g/mol. The zero-order valence-corrected chi connectivity index (χ0v) is 11.6. The highest BCUT2D eigenvalue weighted by molar-refractivity contribution is 5.69. The fourth-order valence-corrected chi connectivity index (χ4v) is 2.78. The number of halogens is 3. The van der Waals surface area contributed by atoms with E-state index in [0.717, 1.165) is 29.7 Å². The SMILES string of the molecule is CN[C@@H]1C[C@H]1c1ccccc1-c1ccc(C(F)(F)F)cc1. The molecule has 1 N–H and O–H groups in total. The lowest BCUT2D eigenvalue weighted by Gasteiger charge is -2.11. The van der Waals surface area contributed by atoms with Gasteiger partial charge in [-0.1, -0.05) is 36.4 Å². The summed E-state index contributed by atoms with van der Waals surface area (Å²) in [7, 11) is 1.94. The van der Waals surface area contributed by atoms with E-state index >= 15 is 0 Å². The fraction of sp³-hybridized carbons (Fsp3) is 0.294. The molecule has 0 unspecified atom stereocenters. The van der Waals surface area contributed by atoms with Crippen LogP contribution < -0.4 is 5.32 Å². The molecule has 2 aromatic rings. The largest absolute Gasteiger partial charge is 0.416 e. The van der Waals surface area contributed by atoms with Gasteiger partial charge in [-0.25, -0.2) is 0 Å². The smallest absolute Gasteiger partial charge is 0.316 e. The lowest BCUT2D eigenvalue weighted by Crippen LogP contribution is -2.10. The number of rotatable bonds is 3. The van der Waals surface area contributed by atoms with E-state index < -0.39 is 11.7 Å². The molecular formula is C17H16F3N. The topological polar surface area (TPSA) is 12.0 Å². The zero-order chi connectivity index (χ0) is 15.0. The van der Waals surface area contributed by atoms with Crippen molar-refractivity contribution in [3.05, 3.63) is 59.7 Å². The summed E-state index contributed by atoms with van der Waals surface area (Å²) in [5.74, 6) is 0.452. The molecule has 4 heteroatoms. The molecule has 2 aromatic carbocycles. The first kappa shape index (κ1) is 14.1. The second-order valence-electron chi connectivity index (χ2n) is 5.40. The van der Waals surface area contributed by atoms with Crippen LogP contribution in [-0.4, -0.2) is 13.1 Å². The summed E-state index contributed by atoms with van der Waals surface area (Å²) in [5.41, 5.74) is 2.45. The Labute approximate surface area is 121 Å². The van der Waals surface area contributed by atoms with Gasteiger partial charge in [0.15, 0.2) is 0 Å². The Balaban J connectivity index is 1.94. The van der Waals surface area contributed by atoms with E-state index in [1.165, 1.54) is 5.56 Å². The van der Waals surface area contributed by atoms with Crippen molar-refractivity contribution in [2.45, 2.75) is 24.6 Å². The molecule has 1 aliphatic rings. The number of alkyl halides is 3. The van der Waals surface area contributed by atoms with E-state index in [-0.39, 0.29) is 0 Å². The molecule has 2 atom stereocenters. The van der Waals surface area contributed by atoms with E-state index in [4.69, 9.17) is 0 Å². The van der Waals surface area contributed by atoms with E-state index in [1.807, 2.05) is 25.2 Å². The van der Waals surface area contributed by atoms with Crippen LogP contribution in [0.4, 0.5) is 13.2 Å². The Morgan fingerprint density at radius 2 is 1.67 bits per heavy atom. The van der Waals surface area contributed by atoms with Crippen molar-refractivity contribution in [2.75, 3.05) is 7.05 Å². The maximum atomic E-state index is 12.6. The van der Waals surface area contributed by atoms with Crippen LogP contribution in [0.25, 0.3) is 11.1 Å². The first-order valence-electron chi connectivity index (χ1n) is 6.94. The maximum Gasteiger partial charge on any atom is 0.416 e. The minimum Gasteiger partial charge on any atom is -0.316 e. The maximum absolute atomic E-state index is 12.6. The standard InChI is InChI=1S/C17H16F3N/c1-21-16-10-15(16)14-5-3-2-4-13(14)11-6-8-12(9-7-11)17(18,19)20/h2-9,15-16,21H,10H2,1H3/t15-,16+/m0/s1. The van der Waals surface area contributed by atoms with Crippen molar-refractivity contribution in [3.63, 3.8) is 0 Å². The van der Waals surface area contributed by atoms with Crippen molar-refractivity contribution in [3.8, 4) is 11.1 Å². The van der Waals surface area contributed by atoms with Gasteiger partial charge in [-0.15, -0.1) is 0 Å². The van der Waals surface area contributed by atoms with Crippen LogP contribution in [0, 0.1) is 0 Å². The second kappa shape index (κ2) is 5.19. The highest BCUT2D eigenvalue weighted by Crippen LogP contribution is 2.44. The molecule has 1 aliphatic carbocycles. The lowest BCUT2D eigenvalue weighted by molar-refractivity contribution is -0.137. The van der Waals surface area contributed by atoms with Gasteiger partial charge in [0, 0.05) is 12.0 Å². The number of nitrogens with one attached hydrogen (secondary N) is 1. The molecule has 110 valence electrons. The molecule has 1 nitrogen and oxygen atoms in total. The van der Waals surface area contributed by atoms with Gasteiger partial charge >= 0.3 is 6.18 Å². The Morgan fingerprint density at radius 1 is 1.00 bits per heavy atom. The van der Waals surface area contributed by atoms with Crippen LogP contribution in [0.2, 0.25) is 0 Å². The molecule has 3 rings (SSSR count). The molecule has 0 saturated heterocycles. The van der Waals surface area contributed by atoms with Crippen LogP contribution in [-0.2, 0) is 6.18 Å². The minimum absolute atomic E-state index is 0.452. The Morgan fingerprint density at radius 3 is 2.24 bits per heavy atom. The minimum atomic E-state index is -4.29. The molecule has 0 amide bonds. The van der Waals surface area contributed by atoms with Gasteiger partial charge in [-0.2, -0.15) is 13.2 Å². The third-order valence-corrected chi connectivity index (χ3v) is 4.04.